The second-order valence-corrected chi connectivity index (χ2v) is 13.2. The first-order chi connectivity index (χ1) is 25.7. The molecule has 10 aromatic rings. The van der Waals surface area contributed by atoms with Gasteiger partial charge in [0.05, 0.1) is 39.4 Å². The molecule has 0 bridgehead atoms. The van der Waals surface area contributed by atoms with Gasteiger partial charge in [0.1, 0.15) is 5.82 Å². The van der Waals surface area contributed by atoms with Gasteiger partial charge in [-0.05, 0) is 95.1 Å². The molecule has 0 aliphatic rings. The number of fused-ring (bicyclic) bond motifs is 6. The van der Waals surface area contributed by atoms with Crippen molar-refractivity contribution in [3.05, 3.63) is 188 Å². The minimum absolute atomic E-state index is 0.609. The molecule has 0 saturated heterocycles. The molecule has 7 aromatic carbocycles. The molecule has 4 nitrogen and oxygen atoms in total. The van der Waals surface area contributed by atoms with Gasteiger partial charge in [-0.25, -0.2) is 4.98 Å². The van der Waals surface area contributed by atoms with Gasteiger partial charge in [-0.1, -0.05) is 109 Å². The molecule has 3 heterocycles. The molecule has 0 aliphatic carbocycles. The largest absolute Gasteiger partial charge is 0.309 e. The van der Waals surface area contributed by atoms with Crippen molar-refractivity contribution in [1.82, 2.24) is 14.1 Å². The second kappa shape index (κ2) is 12.0. The standard InChI is InChI=1S/C48H30N4/c49-31-32-12-11-15-36(26-32)43-29-37(33-13-3-1-4-14-33)30-48(50-43)52-45-21-10-8-19-40(45)42-28-35(23-25-47(42)52)34-22-24-46-41(27-34)39-18-7-9-20-44(39)51(46)38-16-5-2-6-17-38/h1-30H. The summed E-state index contributed by atoms with van der Waals surface area (Å²) in [7, 11) is 0. The van der Waals surface area contributed by atoms with Crippen LogP contribution in [0.25, 0.3) is 88.6 Å². The van der Waals surface area contributed by atoms with Crippen molar-refractivity contribution in [2.45, 2.75) is 0 Å². The van der Waals surface area contributed by atoms with Crippen LogP contribution in [-0.4, -0.2) is 14.1 Å². The zero-order valence-corrected chi connectivity index (χ0v) is 28.1. The molecule has 0 aliphatic heterocycles. The van der Waals surface area contributed by atoms with Gasteiger partial charge < -0.3 is 4.57 Å². The Kier molecular flexibility index (Phi) is 6.84. The maximum Gasteiger partial charge on any atom is 0.138 e. The van der Waals surface area contributed by atoms with E-state index in [0.29, 0.717) is 5.56 Å². The van der Waals surface area contributed by atoms with E-state index in [2.05, 4.69) is 167 Å². The second-order valence-electron chi connectivity index (χ2n) is 13.2. The molecule has 4 heteroatoms. The van der Waals surface area contributed by atoms with Crippen LogP contribution in [0.2, 0.25) is 0 Å². The SMILES string of the molecule is N#Cc1cccc(-c2cc(-c3ccccc3)cc(-n3c4ccccc4c4cc(-c5ccc6c(c5)c5ccccc5n6-c5ccccc5)ccc43)n2)c1. The van der Waals surface area contributed by atoms with Crippen LogP contribution in [0, 0.1) is 11.3 Å². The van der Waals surface area contributed by atoms with Crippen LogP contribution >= 0.6 is 0 Å². The number of nitrogens with zero attached hydrogens (tertiary/aromatic N) is 4. The smallest absolute Gasteiger partial charge is 0.138 e. The van der Waals surface area contributed by atoms with Gasteiger partial charge >= 0.3 is 0 Å². The predicted molar refractivity (Wildman–Crippen MR) is 214 cm³/mol. The van der Waals surface area contributed by atoms with Crippen molar-refractivity contribution >= 4 is 43.6 Å². The van der Waals surface area contributed by atoms with E-state index in [0.717, 1.165) is 50.5 Å². The molecular formula is C48H30N4. The van der Waals surface area contributed by atoms with Crippen LogP contribution in [0.4, 0.5) is 0 Å². The summed E-state index contributed by atoms with van der Waals surface area (Å²) in [4.78, 5) is 5.27. The first-order valence-electron chi connectivity index (χ1n) is 17.4. The quantitative estimate of drug-likeness (QED) is 0.184. The average molecular weight is 663 g/mol. The molecule has 0 spiro atoms. The van der Waals surface area contributed by atoms with Crippen LogP contribution in [0.1, 0.15) is 5.56 Å². The van der Waals surface area contributed by atoms with Crippen LogP contribution in [0.5, 0.6) is 0 Å². The summed E-state index contributed by atoms with van der Waals surface area (Å²) < 4.78 is 4.63. The molecule has 0 atom stereocenters. The van der Waals surface area contributed by atoms with Gasteiger partial charge in [0.2, 0.25) is 0 Å². The van der Waals surface area contributed by atoms with Crippen molar-refractivity contribution in [2.24, 2.45) is 0 Å². The maximum absolute atomic E-state index is 9.66. The Morgan fingerprint density at radius 3 is 1.62 bits per heavy atom. The molecule has 0 saturated carbocycles. The maximum atomic E-state index is 9.66. The molecule has 0 fully saturated rings. The van der Waals surface area contributed by atoms with Crippen LogP contribution < -0.4 is 0 Å². The fourth-order valence-corrected chi connectivity index (χ4v) is 7.73. The highest BCUT2D eigenvalue weighted by atomic mass is 15.1. The van der Waals surface area contributed by atoms with Crippen molar-refractivity contribution in [1.29, 1.82) is 5.26 Å². The van der Waals surface area contributed by atoms with Gasteiger partial charge in [-0.2, -0.15) is 5.26 Å². The Morgan fingerprint density at radius 2 is 0.942 bits per heavy atom. The van der Waals surface area contributed by atoms with E-state index < -0.39 is 0 Å². The summed E-state index contributed by atoms with van der Waals surface area (Å²) in [6.07, 6.45) is 0. The van der Waals surface area contributed by atoms with Gasteiger partial charge in [0.15, 0.2) is 0 Å². The lowest BCUT2D eigenvalue weighted by atomic mass is 10.0. The number of pyridine rings is 1. The molecule has 242 valence electrons. The number of rotatable bonds is 5. The molecule has 52 heavy (non-hydrogen) atoms. The fraction of sp³-hybridized carbons (Fsp3) is 0. The van der Waals surface area contributed by atoms with Gasteiger partial charge in [0, 0.05) is 32.8 Å². The Labute approximate surface area is 300 Å². The number of hydrogen-bond donors (Lipinski definition) is 0. The van der Waals surface area contributed by atoms with Crippen molar-refractivity contribution in [3.8, 4) is 51.1 Å². The van der Waals surface area contributed by atoms with Gasteiger partial charge in [-0.15, -0.1) is 0 Å². The van der Waals surface area contributed by atoms with Crippen LogP contribution in [0.15, 0.2) is 182 Å². The van der Waals surface area contributed by atoms with Gasteiger partial charge in [-0.3, -0.25) is 4.57 Å². The van der Waals surface area contributed by atoms with Crippen molar-refractivity contribution in [2.75, 3.05) is 0 Å². The van der Waals surface area contributed by atoms with Gasteiger partial charge in [0.25, 0.3) is 0 Å². The number of para-hydroxylation sites is 3. The molecule has 0 radical (unpaired) electrons. The monoisotopic (exact) mass is 662 g/mol. The van der Waals surface area contributed by atoms with Crippen molar-refractivity contribution < 1.29 is 0 Å². The van der Waals surface area contributed by atoms with E-state index in [1.165, 1.54) is 38.1 Å². The molecule has 0 unspecified atom stereocenters. The number of aromatic nitrogens is 3. The third-order valence-corrected chi connectivity index (χ3v) is 10.1. The number of benzene rings is 7. The first kappa shape index (κ1) is 29.7. The summed E-state index contributed by atoms with van der Waals surface area (Å²) in [5.41, 5.74) is 12.6. The third kappa shape index (κ3) is 4.80. The lowest BCUT2D eigenvalue weighted by molar-refractivity contribution is 1.08. The van der Waals surface area contributed by atoms with E-state index in [1.54, 1.807) is 0 Å². The molecular weight excluding hydrogens is 633 g/mol. The summed E-state index contributed by atoms with van der Waals surface area (Å²) in [6, 6.07) is 66.1. The predicted octanol–water partition coefficient (Wildman–Crippen LogP) is 12.1. The van der Waals surface area contributed by atoms with E-state index in [9.17, 15) is 5.26 Å². The van der Waals surface area contributed by atoms with E-state index >= 15 is 0 Å². The zero-order valence-electron chi connectivity index (χ0n) is 28.1. The lowest BCUT2D eigenvalue weighted by Gasteiger charge is -2.13. The summed E-state index contributed by atoms with van der Waals surface area (Å²) in [5, 5.41) is 14.5. The van der Waals surface area contributed by atoms with E-state index in [4.69, 9.17) is 4.98 Å². The van der Waals surface area contributed by atoms with E-state index in [1.807, 2.05) is 30.3 Å². The Bertz CT molecular complexity index is 3020. The molecule has 10 rings (SSSR count). The van der Waals surface area contributed by atoms with Crippen molar-refractivity contribution in [3.63, 3.8) is 0 Å². The lowest BCUT2D eigenvalue weighted by Crippen LogP contribution is -2.00. The normalized spacial score (nSPS) is 11.4. The summed E-state index contributed by atoms with van der Waals surface area (Å²) >= 11 is 0. The van der Waals surface area contributed by atoms with Crippen LogP contribution in [0.3, 0.4) is 0 Å². The first-order valence-corrected chi connectivity index (χ1v) is 17.4. The highest BCUT2D eigenvalue weighted by Crippen LogP contribution is 2.39. The summed E-state index contributed by atoms with van der Waals surface area (Å²) in [5.74, 6) is 0.827. The highest BCUT2D eigenvalue weighted by Gasteiger charge is 2.18. The topological polar surface area (TPSA) is 46.5 Å². The molecule has 0 amide bonds. The average Bonchev–Trinajstić information content (AvgIpc) is 3.73. The van der Waals surface area contributed by atoms with Crippen LogP contribution in [-0.2, 0) is 0 Å². The van der Waals surface area contributed by atoms with E-state index in [-0.39, 0.29) is 0 Å². The zero-order chi connectivity index (χ0) is 34.6. The molecule has 3 aromatic heterocycles. The number of hydrogen-bond acceptors (Lipinski definition) is 2. The summed E-state index contributed by atoms with van der Waals surface area (Å²) in [6.45, 7) is 0. The molecule has 0 N–H and O–H groups in total. The Morgan fingerprint density at radius 1 is 0.385 bits per heavy atom. The third-order valence-electron chi connectivity index (χ3n) is 10.1. The highest BCUT2D eigenvalue weighted by molar-refractivity contribution is 6.12. The number of nitriles is 1. The fourth-order valence-electron chi connectivity index (χ4n) is 7.73. The minimum atomic E-state index is 0.609. The Balaban J connectivity index is 1.17. The Hall–Kier alpha value is -7.22. The minimum Gasteiger partial charge on any atom is -0.309 e.